The number of guanidine groups is 1. The normalized spacial score (nSPS) is 20.4. The molecule has 25 heavy (non-hydrogen) atoms. The molecule has 0 spiro atoms. The van der Waals surface area contributed by atoms with Crippen LogP contribution in [0.3, 0.4) is 0 Å². The lowest BCUT2D eigenvalue weighted by Crippen LogP contribution is -2.44. The summed E-state index contributed by atoms with van der Waals surface area (Å²) in [5.74, 6) is 1.64. The Kier molecular flexibility index (Phi) is 9.85. The average molecular weight is 458 g/mol. The Morgan fingerprint density at radius 1 is 1.20 bits per heavy atom. The van der Waals surface area contributed by atoms with Crippen LogP contribution in [0, 0.1) is 5.92 Å². The third-order valence-corrected chi connectivity index (χ3v) is 4.57. The molecule has 0 atom stereocenters. The lowest BCUT2D eigenvalue weighted by atomic mass is 9.87. The predicted molar refractivity (Wildman–Crippen MR) is 115 cm³/mol. The molecule has 0 aromatic heterocycles. The fourth-order valence-corrected chi connectivity index (χ4v) is 3.06. The summed E-state index contributed by atoms with van der Waals surface area (Å²) in [6.07, 6.45) is 4.97. The number of rotatable bonds is 5. The molecule has 1 aromatic carbocycles. The van der Waals surface area contributed by atoms with Crippen molar-refractivity contribution in [1.29, 1.82) is 0 Å². The van der Waals surface area contributed by atoms with Gasteiger partial charge in [0.05, 0.1) is 0 Å². The van der Waals surface area contributed by atoms with Gasteiger partial charge in [-0.3, -0.25) is 9.79 Å². The quantitative estimate of drug-likeness (QED) is 0.361. The van der Waals surface area contributed by atoms with Crippen LogP contribution in [-0.2, 0) is 6.54 Å². The maximum Gasteiger partial charge on any atom is 0.251 e. The highest BCUT2D eigenvalue weighted by Crippen LogP contribution is 2.23. The number of benzene rings is 1. The maximum absolute atomic E-state index is 11.9. The van der Waals surface area contributed by atoms with Gasteiger partial charge in [0, 0.05) is 31.7 Å². The molecular formula is C19H31IN4O. The van der Waals surface area contributed by atoms with Gasteiger partial charge in [-0.1, -0.05) is 19.1 Å². The summed E-state index contributed by atoms with van der Waals surface area (Å²) in [6, 6.07) is 8.21. The van der Waals surface area contributed by atoms with Gasteiger partial charge in [-0.05, 0) is 56.2 Å². The number of nitrogens with zero attached hydrogens (tertiary/aromatic N) is 1. The summed E-state index contributed by atoms with van der Waals surface area (Å²) < 4.78 is 0. The second-order valence-electron chi connectivity index (χ2n) is 6.59. The van der Waals surface area contributed by atoms with Crippen LogP contribution in [-0.4, -0.2) is 31.5 Å². The first-order valence-corrected chi connectivity index (χ1v) is 8.96. The van der Waals surface area contributed by atoms with E-state index >= 15 is 0 Å². The fraction of sp³-hybridized carbons (Fsp3) is 0.579. The van der Waals surface area contributed by atoms with E-state index in [0.717, 1.165) is 17.4 Å². The molecule has 0 aliphatic heterocycles. The van der Waals surface area contributed by atoms with E-state index in [0.29, 0.717) is 24.7 Å². The lowest BCUT2D eigenvalue weighted by Gasteiger charge is -2.28. The number of nitrogens with one attached hydrogen (secondary N) is 3. The topological polar surface area (TPSA) is 65.5 Å². The van der Waals surface area contributed by atoms with Crippen molar-refractivity contribution in [2.24, 2.45) is 10.9 Å². The van der Waals surface area contributed by atoms with Crippen LogP contribution >= 0.6 is 24.0 Å². The molecule has 6 heteroatoms. The molecular weight excluding hydrogens is 427 g/mol. The Labute approximate surface area is 168 Å². The van der Waals surface area contributed by atoms with Gasteiger partial charge in [-0.2, -0.15) is 0 Å². The van der Waals surface area contributed by atoms with Crippen molar-refractivity contribution in [1.82, 2.24) is 16.0 Å². The Morgan fingerprint density at radius 2 is 1.92 bits per heavy atom. The van der Waals surface area contributed by atoms with Crippen LogP contribution in [0.15, 0.2) is 29.3 Å². The second kappa shape index (κ2) is 11.3. The van der Waals surface area contributed by atoms with E-state index < -0.39 is 0 Å². The Morgan fingerprint density at radius 3 is 2.56 bits per heavy atom. The lowest BCUT2D eigenvalue weighted by molar-refractivity contribution is 0.0955. The standard InChI is InChI=1S/C19H30N4O.HI/c1-4-21-18(24)16-7-5-6-15(12-16)13-22-19(20-3)23-17-10-8-14(2)9-11-17;/h5-7,12,14,17H,4,8-11,13H2,1-3H3,(H,21,24)(H2,20,22,23);1H. The highest BCUT2D eigenvalue weighted by molar-refractivity contribution is 14.0. The third-order valence-electron chi connectivity index (χ3n) is 4.57. The number of carbonyl (C=O) groups is 1. The molecule has 0 saturated heterocycles. The minimum absolute atomic E-state index is 0. The van der Waals surface area contributed by atoms with E-state index in [-0.39, 0.29) is 29.9 Å². The molecule has 0 radical (unpaired) electrons. The zero-order valence-corrected chi connectivity index (χ0v) is 17.8. The van der Waals surface area contributed by atoms with Crippen molar-refractivity contribution in [3.63, 3.8) is 0 Å². The number of halogens is 1. The summed E-state index contributed by atoms with van der Waals surface area (Å²) in [5.41, 5.74) is 1.76. The van der Waals surface area contributed by atoms with E-state index in [1.165, 1.54) is 25.7 Å². The molecule has 1 aliphatic rings. The molecule has 0 unspecified atom stereocenters. The number of aliphatic imine (C=N–C) groups is 1. The van der Waals surface area contributed by atoms with Crippen molar-refractivity contribution in [3.8, 4) is 0 Å². The molecule has 3 N–H and O–H groups in total. The SMILES string of the molecule is CCNC(=O)c1cccc(CNC(=NC)NC2CCC(C)CC2)c1.I. The van der Waals surface area contributed by atoms with Gasteiger partial charge in [-0.15, -0.1) is 24.0 Å². The van der Waals surface area contributed by atoms with Crippen molar-refractivity contribution in [3.05, 3.63) is 35.4 Å². The third kappa shape index (κ3) is 7.22. The monoisotopic (exact) mass is 458 g/mol. The first-order chi connectivity index (χ1) is 11.6. The van der Waals surface area contributed by atoms with Crippen LogP contribution in [0.4, 0.5) is 0 Å². The molecule has 140 valence electrons. The first-order valence-electron chi connectivity index (χ1n) is 8.96. The van der Waals surface area contributed by atoms with Gasteiger partial charge in [0.1, 0.15) is 0 Å². The fourth-order valence-electron chi connectivity index (χ4n) is 3.06. The van der Waals surface area contributed by atoms with Gasteiger partial charge >= 0.3 is 0 Å². The van der Waals surface area contributed by atoms with Gasteiger partial charge in [-0.25, -0.2) is 0 Å². The highest BCUT2D eigenvalue weighted by Gasteiger charge is 2.18. The second-order valence-corrected chi connectivity index (χ2v) is 6.59. The number of hydrogen-bond acceptors (Lipinski definition) is 2. The number of carbonyl (C=O) groups excluding carboxylic acids is 1. The van der Waals surface area contributed by atoms with E-state index in [1.54, 1.807) is 7.05 Å². The molecule has 0 heterocycles. The minimum Gasteiger partial charge on any atom is -0.354 e. The molecule has 1 aliphatic carbocycles. The van der Waals surface area contributed by atoms with E-state index in [9.17, 15) is 4.79 Å². The summed E-state index contributed by atoms with van der Waals surface area (Å²) in [6.45, 7) is 5.53. The smallest absolute Gasteiger partial charge is 0.251 e. The van der Waals surface area contributed by atoms with Gasteiger partial charge in [0.25, 0.3) is 5.91 Å². The Balaban J connectivity index is 0.00000312. The van der Waals surface area contributed by atoms with Crippen molar-refractivity contribution in [2.45, 2.75) is 52.1 Å². The van der Waals surface area contributed by atoms with E-state index in [2.05, 4.69) is 27.9 Å². The summed E-state index contributed by atoms with van der Waals surface area (Å²) in [4.78, 5) is 16.2. The van der Waals surface area contributed by atoms with Gasteiger partial charge in [0.15, 0.2) is 5.96 Å². The van der Waals surface area contributed by atoms with Gasteiger partial charge < -0.3 is 16.0 Å². The van der Waals surface area contributed by atoms with Crippen molar-refractivity contribution < 1.29 is 4.79 Å². The number of hydrogen-bond donors (Lipinski definition) is 3. The van der Waals surface area contributed by atoms with Crippen LogP contribution in [0.1, 0.15) is 55.5 Å². The summed E-state index contributed by atoms with van der Waals surface area (Å²) in [7, 11) is 1.80. The zero-order valence-electron chi connectivity index (χ0n) is 15.5. The molecule has 2 rings (SSSR count). The highest BCUT2D eigenvalue weighted by atomic mass is 127. The first kappa shape index (κ1) is 21.7. The molecule has 1 saturated carbocycles. The summed E-state index contributed by atoms with van der Waals surface area (Å²) >= 11 is 0. The Hall–Kier alpha value is -1.31. The molecule has 1 fully saturated rings. The molecule has 5 nitrogen and oxygen atoms in total. The van der Waals surface area contributed by atoms with Crippen molar-refractivity contribution in [2.75, 3.05) is 13.6 Å². The van der Waals surface area contributed by atoms with E-state index in [1.807, 2.05) is 31.2 Å². The largest absolute Gasteiger partial charge is 0.354 e. The van der Waals surface area contributed by atoms with Crippen LogP contribution in [0.5, 0.6) is 0 Å². The summed E-state index contributed by atoms with van der Waals surface area (Å²) in [5, 5.41) is 9.69. The maximum atomic E-state index is 11.9. The molecule has 1 amide bonds. The average Bonchev–Trinajstić information content (AvgIpc) is 2.60. The minimum atomic E-state index is -0.0295. The number of amides is 1. The zero-order chi connectivity index (χ0) is 17.4. The van der Waals surface area contributed by atoms with Crippen molar-refractivity contribution >= 4 is 35.8 Å². The van der Waals surface area contributed by atoms with Crippen LogP contribution in [0.25, 0.3) is 0 Å². The van der Waals surface area contributed by atoms with Gasteiger partial charge in [0.2, 0.25) is 0 Å². The van der Waals surface area contributed by atoms with Crippen LogP contribution < -0.4 is 16.0 Å². The Bertz CT molecular complexity index is 568. The predicted octanol–water partition coefficient (Wildman–Crippen LogP) is 3.30. The molecule has 1 aromatic rings. The van der Waals surface area contributed by atoms with E-state index in [4.69, 9.17) is 0 Å². The van der Waals surface area contributed by atoms with Crippen LogP contribution in [0.2, 0.25) is 0 Å². The molecule has 0 bridgehead atoms.